The number of hydrogen-bond donors (Lipinski definition) is 6. The van der Waals surface area contributed by atoms with Crippen LogP contribution in [0.2, 0.25) is 0 Å². The molecule has 0 radical (unpaired) electrons. The number of aliphatic hydroxyl groups is 2. The van der Waals surface area contributed by atoms with Crippen LogP contribution < -0.4 is 4.74 Å². The van der Waals surface area contributed by atoms with E-state index in [0.29, 0.717) is 11.1 Å². The molecule has 2 aromatic rings. The normalized spacial score (nSPS) is 23.3. The number of esters is 2. The molecular formula is C26H26O12. The molecule has 12 heteroatoms. The van der Waals surface area contributed by atoms with E-state index in [4.69, 9.17) is 14.2 Å². The molecule has 0 saturated heterocycles. The Labute approximate surface area is 216 Å². The third kappa shape index (κ3) is 6.81. The number of phenols is 3. The van der Waals surface area contributed by atoms with Crippen molar-refractivity contribution in [2.45, 2.75) is 36.8 Å². The minimum absolute atomic E-state index is 0.114. The van der Waals surface area contributed by atoms with Gasteiger partial charge in [0.1, 0.15) is 6.10 Å². The topological polar surface area (TPSA) is 200 Å². The molecule has 0 unspecified atom stereocenters. The summed E-state index contributed by atoms with van der Waals surface area (Å²) in [4.78, 5) is 36.5. The maximum Gasteiger partial charge on any atom is 0.335 e. The third-order valence-corrected chi connectivity index (χ3v) is 5.78. The van der Waals surface area contributed by atoms with Crippen molar-refractivity contribution >= 4 is 30.1 Å². The van der Waals surface area contributed by atoms with Crippen molar-refractivity contribution < 1.29 is 59.2 Å². The van der Waals surface area contributed by atoms with Gasteiger partial charge in [0.25, 0.3) is 0 Å². The van der Waals surface area contributed by atoms with Crippen LogP contribution in [0.5, 0.6) is 23.0 Å². The fourth-order valence-electron chi connectivity index (χ4n) is 3.81. The number of aliphatic hydroxyl groups excluding tert-OH is 1. The van der Waals surface area contributed by atoms with Crippen molar-refractivity contribution in [2.75, 3.05) is 7.11 Å². The van der Waals surface area contributed by atoms with Crippen LogP contribution in [-0.2, 0) is 23.9 Å². The summed E-state index contributed by atoms with van der Waals surface area (Å²) in [6, 6.07) is 8.06. The molecule has 1 fully saturated rings. The third-order valence-electron chi connectivity index (χ3n) is 5.78. The van der Waals surface area contributed by atoms with Crippen LogP contribution in [0.25, 0.3) is 12.2 Å². The number of phenolic OH excluding ortho intramolecular Hbond substituents is 3. The molecule has 0 heterocycles. The van der Waals surface area contributed by atoms with E-state index in [0.717, 1.165) is 12.2 Å². The lowest BCUT2D eigenvalue weighted by molar-refractivity contribution is -0.204. The van der Waals surface area contributed by atoms with E-state index in [1.807, 2.05) is 0 Å². The molecule has 12 nitrogen and oxygen atoms in total. The standard InChI is InChI=1S/C26H26O12/c1-36-20-11-15(3-7-17(20)28)5-8-22(31)37-21-13-26(35,25(33)34)12-19(30)24(21)38-23(32)9-4-14-2-6-16(27)18(29)10-14/h2-11,19,21,24,27-30,35H,12-13H2,1H3,(H,33,34)/b8-5+,9-4+/t19-,21-,24+,26-/m1/s1. The van der Waals surface area contributed by atoms with Crippen LogP contribution in [0.15, 0.2) is 48.6 Å². The average Bonchev–Trinajstić information content (AvgIpc) is 2.86. The molecule has 1 saturated carbocycles. The Balaban J connectivity index is 1.76. The molecule has 0 bridgehead atoms. The second-order valence-electron chi connectivity index (χ2n) is 8.54. The van der Waals surface area contributed by atoms with E-state index < -0.39 is 60.4 Å². The molecule has 3 rings (SSSR count). The number of aliphatic carboxylic acids is 1. The monoisotopic (exact) mass is 530 g/mol. The van der Waals surface area contributed by atoms with Gasteiger partial charge in [-0.05, 0) is 47.5 Å². The second kappa shape index (κ2) is 11.7. The lowest BCUT2D eigenvalue weighted by Gasteiger charge is -2.40. The highest BCUT2D eigenvalue weighted by molar-refractivity contribution is 5.88. The first kappa shape index (κ1) is 28.0. The van der Waals surface area contributed by atoms with E-state index in [2.05, 4.69) is 0 Å². The van der Waals surface area contributed by atoms with E-state index in [1.54, 1.807) is 0 Å². The van der Waals surface area contributed by atoms with Gasteiger partial charge in [-0.1, -0.05) is 12.1 Å². The van der Waals surface area contributed by atoms with E-state index in [1.165, 1.54) is 55.7 Å². The van der Waals surface area contributed by atoms with E-state index >= 15 is 0 Å². The lowest BCUT2D eigenvalue weighted by Crippen LogP contribution is -2.58. The number of rotatable bonds is 8. The van der Waals surface area contributed by atoms with Crippen LogP contribution >= 0.6 is 0 Å². The molecule has 1 aliphatic rings. The van der Waals surface area contributed by atoms with Crippen LogP contribution in [0, 0.1) is 0 Å². The molecule has 4 atom stereocenters. The van der Waals surface area contributed by atoms with Gasteiger partial charge in [-0.3, -0.25) is 0 Å². The summed E-state index contributed by atoms with van der Waals surface area (Å²) < 4.78 is 15.5. The van der Waals surface area contributed by atoms with Crippen LogP contribution in [0.4, 0.5) is 0 Å². The summed E-state index contributed by atoms with van der Waals surface area (Å²) >= 11 is 0. The number of benzene rings is 2. The number of carboxylic acids is 1. The summed E-state index contributed by atoms with van der Waals surface area (Å²) in [7, 11) is 1.35. The SMILES string of the molecule is COc1cc(/C=C/C(=O)O[C@@H]2C[C@@](O)(C(=O)O)C[C@@H](O)[C@@H]2OC(=O)/C=C/c2ccc(O)c(O)c2)ccc1O. The lowest BCUT2D eigenvalue weighted by atomic mass is 9.79. The molecule has 0 amide bonds. The minimum Gasteiger partial charge on any atom is -0.504 e. The molecule has 1 aliphatic carbocycles. The second-order valence-corrected chi connectivity index (χ2v) is 8.54. The van der Waals surface area contributed by atoms with Gasteiger partial charge >= 0.3 is 17.9 Å². The van der Waals surface area contributed by atoms with Crippen molar-refractivity contribution in [3.05, 3.63) is 59.7 Å². The predicted octanol–water partition coefficient (Wildman–Crippen LogP) is 1.33. The number of carbonyl (C=O) groups excluding carboxylic acids is 2. The van der Waals surface area contributed by atoms with Gasteiger partial charge in [0.2, 0.25) is 0 Å². The zero-order valence-corrected chi connectivity index (χ0v) is 20.1. The van der Waals surface area contributed by atoms with E-state index in [-0.39, 0.29) is 17.2 Å². The summed E-state index contributed by atoms with van der Waals surface area (Å²) in [5, 5.41) is 58.9. The predicted molar refractivity (Wildman–Crippen MR) is 130 cm³/mol. The first-order chi connectivity index (χ1) is 17.9. The van der Waals surface area contributed by atoms with Crippen molar-refractivity contribution in [3.8, 4) is 23.0 Å². The maximum atomic E-state index is 12.5. The van der Waals surface area contributed by atoms with Gasteiger partial charge in [-0.25, -0.2) is 14.4 Å². The zero-order valence-electron chi connectivity index (χ0n) is 20.1. The van der Waals surface area contributed by atoms with Crippen LogP contribution in [0.3, 0.4) is 0 Å². The Bertz CT molecular complexity index is 1270. The van der Waals surface area contributed by atoms with Crippen molar-refractivity contribution in [1.29, 1.82) is 0 Å². The maximum absolute atomic E-state index is 12.5. The first-order valence-electron chi connectivity index (χ1n) is 11.2. The molecule has 0 aromatic heterocycles. The zero-order chi connectivity index (χ0) is 28.0. The minimum atomic E-state index is -2.44. The molecule has 202 valence electrons. The summed E-state index contributed by atoms with van der Waals surface area (Å²) in [6.45, 7) is 0. The molecule has 0 spiro atoms. The van der Waals surface area contributed by atoms with Crippen molar-refractivity contribution in [2.24, 2.45) is 0 Å². The fourth-order valence-corrected chi connectivity index (χ4v) is 3.81. The van der Waals surface area contributed by atoms with Gasteiger partial charge in [0.05, 0.1) is 13.2 Å². The molecule has 0 aliphatic heterocycles. The average molecular weight is 530 g/mol. The number of ether oxygens (including phenoxy) is 3. The largest absolute Gasteiger partial charge is 0.504 e. The smallest absolute Gasteiger partial charge is 0.335 e. The van der Waals surface area contributed by atoms with Crippen LogP contribution in [0.1, 0.15) is 24.0 Å². The highest BCUT2D eigenvalue weighted by atomic mass is 16.6. The van der Waals surface area contributed by atoms with Crippen molar-refractivity contribution in [1.82, 2.24) is 0 Å². The van der Waals surface area contributed by atoms with Crippen LogP contribution in [-0.4, -0.2) is 79.6 Å². The van der Waals surface area contributed by atoms with Gasteiger partial charge in [-0.2, -0.15) is 0 Å². The number of methoxy groups -OCH3 is 1. The number of carbonyl (C=O) groups is 3. The molecule has 2 aromatic carbocycles. The Morgan fingerprint density at radius 1 is 0.868 bits per heavy atom. The Hall–Kier alpha value is -4.55. The Morgan fingerprint density at radius 2 is 1.45 bits per heavy atom. The highest BCUT2D eigenvalue weighted by Gasteiger charge is 2.52. The van der Waals surface area contributed by atoms with Gasteiger partial charge in [0.15, 0.2) is 34.7 Å². The van der Waals surface area contributed by atoms with Gasteiger partial charge in [-0.15, -0.1) is 0 Å². The molecular weight excluding hydrogens is 504 g/mol. The summed E-state index contributed by atoms with van der Waals surface area (Å²) in [5.74, 6) is -4.36. The Kier molecular flexibility index (Phi) is 8.61. The Morgan fingerprint density at radius 3 is 2.03 bits per heavy atom. The van der Waals surface area contributed by atoms with Crippen molar-refractivity contribution in [3.63, 3.8) is 0 Å². The van der Waals surface area contributed by atoms with E-state index in [9.17, 15) is 45.0 Å². The number of aromatic hydroxyl groups is 3. The summed E-state index contributed by atoms with van der Waals surface area (Å²) in [6.07, 6.45) is -1.57. The quantitative estimate of drug-likeness (QED) is 0.163. The van der Waals surface area contributed by atoms with Gasteiger partial charge in [0, 0.05) is 25.0 Å². The van der Waals surface area contributed by atoms with Gasteiger partial charge < -0.3 is 44.8 Å². The fraction of sp³-hybridized carbons (Fsp3) is 0.269. The molecule has 6 N–H and O–H groups in total. The molecule has 38 heavy (non-hydrogen) atoms. The number of hydrogen-bond acceptors (Lipinski definition) is 11. The highest BCUT2D eigenvalue weighted by Crippen LogP contribution is 2.33. The first-order valence-corrected chi connectivity index (χ1v) is 11.2. The summed E-state index contributed by atoms with van der Waals surface area (Å²) in [5.41, 5.74) is -1.66. The number of carboxylic acid groups (broad SMARTS) is 1.